The van der Waals surface area contributed by atoms with E-state index < -0.39 is 0 Å². The third kappa shape index (κ3) is 4.82. The zero-order chi connectivity index (χ0) is 19.4. The molecule has 146 valence electrons. The van der Waals surface area contributed by atoms with Gasteiger partial charge in [-0.1, -0.05) is 32.0 Å². The van der Waals surface area contributed by atoms with Crippen molar-refractivity contribution in [2.75, 3.05) is 13.7 Å². The first-order chi connectivity index (χ1) is 13.0. The highest BCUT2D eigenvalue weighted by atomic mass is 32.2. The zero-order valence-electron chi connectivity index (χ0n) is 17.2. The molecule has 0 amide bonds. The first-order valence-corrected chi connectivity index (χ1v) is 11.0. The standard InChI is InChI=1S/C24H32O2S/c1-6-26-21-11-9-19(10-12-21)14-20-15-22(23(25-5)13-17(20)3)24-16(2)7-8-18(4)27-24/h9-13,15-16,18,24H,6-8,14H2,1-5H3. The molecule has 1 aliphatic rings. The highest BCUT2D eigenvalue weighted by Crippen LogP contribution is 2.49. The molecule has 1 fully saturated rings. The van der Waals surface area contributed by atoms with E-state index in [0.717, 1.165) is 17.9 Å². The number of aryl methyl sites for hydroxylation is 1. The fourth-order valence-corrected chi connectivity index (χ4v) is 5.41. The van der Waals surface area contributed by atoms with Crippen LogP contribution in [-0.4, -0.2) is 19.0 Å². The Morgan fingerprint density at radius 1 is 1.07 bits per heavy atom. The first kappa shape index (κ1) is 20.1. The molecule has 0 saturated carbocycles. The SMILES string of the molecule is CCOc1ccc(Cc2cc(C3SC(C)CCC3C)c(OC)cc2C)cc1. The topological polar surface area (TPSA) is 18.5 Å². The van der Waals surface area contributed by atoms with Gasteiger partial charge in [0.2, 0.25) is 0 Å². The van der Waals surface area contributed by atoms with Crippen molar-refractivity contribution < 1.29 is 9.47 Å². The molecule has 2 aromatic carbocycles. The summed E-state index contributed by atoms with van der Waals surface area (Å²) in [5, 5.41) is 1.23. The Labute approximate surface area is 168 Å². The molecule has 0 spiro atoms. The fraction of sp³-hybridized carbons (Fsp3) is 0.500. The lowest BCUT2D eigenvalue weighted by atomic mass is 9.90. The largest absolute Gasteiger partial charge is 0.496 e. The Kier molecular flexibility index (Phi) is 6.75. The van der Waals surface area contributed by atoms with Gasteiger partial charge in [-0.2, -0.15) is 11.8 Å². The van der Waals surface area contributed by atoms with Gasteiger partial charge in [0, 0.05) is 16.1 Å². The molecule has 1 saturated heterocycles. The van der Waals surface area contributed by atoms with Crippen LogP contribution in [-0.2, 0) is 6.42 Å². The van der Waals surface area contributed by atoms with Gasteiger partial charge in [-0.05, 0) is 73.9 Å². The van der Waals surface area contributed by atoms with Crippen LogP contribution in [0.3, 0.4) is 0 Å². The quantitative estimate of drug-likeness (QED) is 0.560. The van der Waals surface area contributed by atoms with Crippen LogP contribution in [0.4, 0.5) is 0 Å². The fourth-order valence-electron chi connectivity index (χ4n) is 3.91. The van der Waals surface area contributed by atoms with Gasteiger partial charge in [-0.3, -0.25) is 0 Å². The van der Waals surface area contributed by atoms with Gasteiger partial charge in [-0.25, -0.2) is 0 Å². The summed E-state index contributed by atoms with van der Waals surface area (Å²) in [5.41, 5.74) is 5.37. The van der Waals surface area contributed by atoms with E-state index in [1.54, 1.807) is 7.11 Å². The van der Waals surface area contributed by atoms with Crippen molar-refractivity contribution in [2.45, 2.75) is 57.5 Å². The van der Waals surface area contributed by atoms with Gasteiger partial charge in [0.1, 0.15) is 11.5 Å². The Balaban J connectivity index is 1.89. The van der Waals surface area contributed by atoms with E-state index in [1.165, 1.54) is 35.1 Å². The first-order valence-electron chi connectivity index (χ1n) is 10.1. The summed E-state index contributed by atoms with van der Waals surface area (Å²) in [6.45, 7) is 9.65. The molecular formula is C24H32O2S. The number of benzene rings is 2. The second kappa shape index (κ2) is 9.05. The summed E-state index contributed by atoms with van der Waals surface area (Å²) in [4.78, 5) is 0. The van der Waals surface area contributed by atoms with Crippen LogP contribution in [0.1, 0.15) is 61.1 Å². The number of hydrogen-bond acceptors (Lipinski definition) is 3. The minimum absolute atomic E-state index is 0.517. The van der Waals surface area contributed by atoms with E-state index in [2.05, 4.69) is 68.9 Å². The number of methoxy groups -OCH3 is 1. The predicted octanol–water partition coefficient (Wildman–Crippen LogP) is 6.59. The van der Waals surface area contributed by atoms with Crippen LogP contribution in [0.25, 0.3) is 0 Å². The number of hydrogen-bond donors (Lipinski definition) is 0. The van der Waals surface area contributed by atoms with Crippen molar-refractivity contribution in [1.82, 2.24) is 0 Å². The molecule has 0 bridgehead atoms. The molecule has 3 heteroatoms. The molecule has 2 aromatic rings. The van der Waals surface area contributed by atoms with Crippen LogP contribution in [0.2, 0.25) is 0 Å². The smallest absolute Gasteiger partial charge is 0.123 e. The van der Waals surface area contributed by atoms with Gasteiger partial charge >= 0.3 is 0 Å². The minimum atomic E-state index is 0.517. The Bertz CT molecular complexity index is 754. The zero-order valence-corrected chi connectivity index (χ0v) is 18.1. The van der Waals surface area contributed by atoms with Crippen LogP contribution in [0, 0.1) is 12.8 Å². The molecular weight excluding hydrogens is 352 g/mol. The molecule has 0 radical (unpaired) electrons. The number of ether oxygens (including phenoxy) is 2. The average molecular weight is 385 g/mol. The van der Waals surface area contributed by atoms with Crippen LogP contribution >= 0.6 is 11.8 Å². The molecule has 2 nitrogen and oxygen atoms in total. The lowest BCUT2D eigenvalue weighted by Crippen LogP contribution is -2.18. The van der Waals surface area contributed by atoms with Crippen molar-refractivity contribution in [3.63, 3.8) is 0 Å². The summed E-state index contributed by atoms with van der Waals surface area (Å²) in [5.74, 6) is 2.66. The van der Waals surface area contributed by atoms with Crippen LogP contribution < -0.4 is 9.47 Å². The third-order valence-corrected chi connectivity index (χ3v) is 7.26. The predicted molar refractivity (Wildman–Crippen MR) is 116 cm³/mol. The van der Waals surface area contributed by atoms with Crippen molar-refractivity contribution >= 4 is 11.8 Å². The second-order valence-corrected chi connectivity index (χ2v) is 9.28. The Morgan fingerprint density at radius 2 is 1.81 bits per heavy atom. The van der Waals surface area contributed by atoms with E-state index >= 15 is 0 Å². The molecule has 3 unspecified atom stereocenters. The molecule has 1 aliphatic heterocycles. The van der Waals surface area contributed by atoms with Crippen LogP contribution in [0.5, 0.6) is 11.5 Å². The minimum Gasteiger partial charge on any atom is -0.496 e. The highest BCUT2D eigenvalue weighted by molar-refractivity contribution is 8.00. The summed E-state index contributed by atoms with van der Waals surface area (Å²) < 4.78 is 11.3. The van der Waals surface area contributed by atoms with E-state index in [1.807, 2.05) is 6.92 Å². The van der Waals surface area contributed by atoms with Crippen molar-refractivity contribution in [3.8, 4) is 11.5 Å². The summed E-state index contributed by atoms with van der Waals surface area (Å²) in [6, 6.07) is 13.1. The molecule has 1 heterocycles. The van der Waals surface area contributed by atoms with Gasteiger partial charge in [0.05, 0.1) is 13.7 Å². The number of thioether (sulfide) groups is 1. The van der Waals surface area contributed by atoms with Gasteiger partial charge in [0.15, 0.2) is 0 Å². The van der Waals surface area contributed by atoms with Crippen molar-refractivity contribution in [1.29, 1.82) is 0 Å². The normalized spacial score (nSPS) is 22.5. The maximum absolute atomic E-state index is 5.78. The number of rotatable bonds is 6. The molecule has 3 atom stereocenters. The van der Waals surface area contributed by atoms with Gasteiger partial charge in [-0.15, -0.1) is 0 Å². The van der Waals surface area contributed by atoms with E-state index in [4.69, 9.17) is 9.47 Å². The molecule has 0 aliphatic carbocycles. The summed E-state index contributed by atoms with van der Waals surface area (Å²) >= 11 is 2.11. The summed E-state index contributed by atoms with van der Waals surface area (Å²) in [6.07, 6.45) is 3.55. The van der Waals surface area contributed by atoms with Gasteiger partial charge < -0.3 is 9.47 Å². The lowest BCUT2D eigenvalue weighted by Gasteiger charge is -2.33. The van der Waals surface area contributed by atoms with E-state index in [0.29, 0.717) is 23.0 Å². The summed E-state index contributed by atoms with van der Waals surface area (Å²) in [7, 11) is 1.80. The molecule has 27 heavy (non-hydrogen) atoms. The lowest BCUT2D eigenvalue weighted by molar-refractivity contribution is 0.340. The maximum atomic E-state index is 5.78. The van der Waals surface area contributed by atoms with Gasteiger partial charge in [0.25, 0.3) is 0 Å². The molecule has 0 N–H and O–H groups in total. The van der Waals surface area contributed by atoms with E-state index in [9.17, 15) is 0 Å². The van der Waals surface area contributed by atoms with Crippen molar-refractivity contribution in [3.05, 3.63) is 58.7 Å². The molecule has 3 rings (SSSR count). The Morgan fingerprint density at radius 3 is 2.48 bits per heavy atom. The van der Waals surface area contributed by atoms with E-state index in [-0.39, 0.29) is 0 Å². The van der Waals surface area contributed by atoms with Crippen LogP contribution in [0.15, 0.2) is 36.4 Å². The Hall–Kier alpha value is -1.61. The third-order valence-electron chi connectivity index (χ3n) is 5.55. The average Bonchev–Trinajstić information content (AvgIpc) is 2.67. The molecule has 0 aromatic heterocycles. The maximum Gasteiger partial charge on any atom is 0.123 e. The second-order valence-electron chi connectivity index (χ2n) is 7.70. The van der Waals surface area contributed by atoms with Crippen molar-refractivity contribution in [2.24, 2.45) is 5.92 Å². The monoisotopic (exact) mass is 384 g/mol. The highest BCUT2D eigenvalue weighted by Gasteiger charge is 2.30.